The molecule has 0 radical (unpaired) electrons. The van der Waals surface area contributed by atoms with Crippen LogP contribution in [0.3, 0.4) is 0 Å². The van der Waals surface area contributed by atoms with E-state index in [2.05, 4.69) is 11.8 Å². The number of nitrogens with two attached hydrogens (primary N) is 1. The summed E-state index contributed by atoms with van der Waals surface area (Å²) < 4.78 is 26.6. The fraction of sp³-hybridized carbons (Fsp3) is 0.538. The standard InChI is InChI=1S/C13H18F2N2.ClH/c1-9-4-10(6-16)7-17(9)8-11-5-12(14)2-3-13(11)15;/h2-3,5,9-10H,4,6-8,16H2,1H3;1H. The van der Waals surface area contributed by atoms with Crippen LogP contribution in [0.15, 0.2) is 18.2 Å². The third kappa shape index (κ3) is 3.40. The number of hydrogen-bond acceptors (Lipinski definition) is 2. The van der Waals surface area contributed by atoms with E-state index in [1.807, 2.05) is 0 Å². The predicted molar refractivity (Wildman–Crippen MR) is 70.6 cm³/mol. The lowest BCUT2D eigenvalue weighted by Gasteiger charge is -2.21. The molecule has 1 aromatic carbocycles. The highest BCUT2D eigenvalue weighted by Crippen LogP contribution is 2.25. The van der Waals surface area contributed by atoms with Crippen molar-refractivity contribution in [2.75, 3.05) is 13.1 Å². The van der Waals surface area contributed by atoms with Gasteiger partial charge in [0.1, 0.15) is 11.6 Å². The highest BCUT2D eigenvalue weighted by molar-refractivity contribution is 5.85. The van der Waals surface area contributed by atoms with Crippen LogP contribution in [-0.4, -0.2) is 24.0 Å². The Labute approximate surface area is 113 Å². The molecular formula is C13H19ClF2N2. The summed E-state index contributed by atoms with van der Waals surface area (Å²) in [4.78, 5) is 2.16. The van der Waals surface area contributed by atoms with Crippen LogP contribution in [0, 0.1) is 17.6 Å². The van der Waals surface area contributed by atoms with E-state index in [-0.39, 0.29) is 24.0 Å². The average molecular weight is 277 g/mol. The number of rotatable bonds is 3. The Balaban J connectivity index is 0.00000162. The Bertz CT molecular complexity index is 401. The molecule has 2 unspecified atom stereocenters. The Morgan fingerprint density at radius 2 is 2.11 bits per heavy atom. The summed E-state index contributed by atoms with van der Waals surface area (Å²) in [5.41, 5.74) is 6.07. The van der Waals surface area contributed by atoms with Gasteiger partial charge in [-0.15, -0.1) is 12.4 Å². The van der Waals surface area contributed by atoms with Crippen LogP contribution in [-0.2, 0) is 6.54 Å². The molecule has 1 saturated heterocycles. The second-order valence-electron chi connectivity index (χ2n) is 4.85. The van der Waals surface area contributed by atoms with E-state index < -0.39 is 0 Å². The Morgan fingerprint density at radius 1 is 1.39 bits per heavy atom. The first-order chi connectivity index (χ1) is 8.10. The molecule has 1 heterocycles. The first kappa shape index (κ1) is 15.3. The molecule has 0 spiro atoms. The van der Waals surface area contributed by atoms with E-state index >= 15 is 0 Å². The van der Waals surface area contributed by atoms with Crippen molar-refractivity contribution in [2.45, 2.75) is 25.9 Å². The van der Waals surface area contributed by atoms with Crippen LogP contribution in [0.1, 0.15) is 18.9 Å². The summed E-state index contributed by atoms with van der Waals surface area (Å²) in [6, 6.07) is 3.99. The lowest BCUT2D eigenvalue weighted by atomic mass is 10.1. The Hall–Kier alpha value is -0.710. The van der Waals surface area contributed by atoms with Crippen LogP contribution in [0.4, 0.5) is 8.78 Å². The minimum atomic E-state index is -0.386. The highest BCUT2D eigenvalue weighted by Gasteiger charge is 2.28. The van der Waals surface area contributed by atoms with Gasteiger partial charge in [-0.25, -0.2) is 8.78 Å². The lowest BCUT2D eigenvalue weighted by molar-refractivity contribution is 0.252. The monoisotopic (exact) mass is 276 g/mol. The van der Waals surface area contributed by atoms with Gasteiger partial charge in [-0.3, -0.25) is 4.90 Å². The first-order valence-electron chi connectivity index (χ1n) is 5.98. The van der Waals surface area contributed by atoms with Crippen molar-refractivity contribution in [3.63, 3.8) is 0 Å². The van der Waals surface area contributed by atoms with Crippen molar-refractivity contribution in [1.29, 1.82) is 0 Å². The molecule has 0 amide bonds. The molecule has 18 heavy (non-hydrogen) atoms. The molecular weight excluding hydrogens is 258 g/mol. The zero-order chi connectivity index (χ0) is 12.4. The molecule has 5 heteroatoms. The van der Waals surface area contributed by atoms with Crippen molar-refractivity contribution in [3.8, 4) is 0 Å². The minimum absolute atomic E-state index is 0. The predicted octanol–water partition coefficient (Wildman–Crippen LogP) is 2.56. The van der Waals surface area contributed by atoms with Crippen LogP contribution in [0.25, 0.3) is 0 Å². The van der Waals surface area contributed by atoms with Crippen LogP contribution in [0.2, 0.25) is 0 Å². The van der Waals surface area contributed by atoms with Crippen molar-refractivity contribution < 1.29 is 8.78 Å². The van der Waals surface area contributed by atoms with E-state index in [4.69, 9.17) is 5.73 Å². The third-order valence-electron chi connectivity index (χ3n) is 3.51. The Kier molecular flexibility index (Phi) is 5.50. The minimum Gasteiger partial charge on any atom is -0.330 e. The van der Waals surface area contributed by atoms with Crippen LogP contribution < -0.4 is 5.73 Å². The lowest BCUT2D eigenvalue weighted by Crippen LogP contribution is -2.27. The summed E-state index contributed by atoms with van der Waals surface area (Å²) in [6.45, 7) is 4.09. The second kappa shape index (κ2) is 6.45. The molecule has 0 saturated carbocycles. The van der Waals surface area contributed by atoms with Crippen molar-refractivity contribution in [3.05, 3.63) is 35.4 Å². The number of halogens is 3. The summed E-state index contributed by atoms with van der Waals surface area (Å²) in [5.74, 6) is -0.250. The molecule has 1 aliphatic heterocycles. The van der Waals surface area contributed by atoms with E-state index in [1.165, 1.54) is 12.1 Å². The van der Waals surface area contributed by atoms with Crippen molar-refractivity contribution in [2.24, 2.45) is 11.7 Å². The average Bonchev–Trinajstić information content (AvgIpc) is 2.65. The zero-order valence-corrected chi connectivity index (χ0v) is 11.2. The van der Waals surface area contributed by atoms with E-state index in [1.54, 1.807) is 0 Å². The largest absolute Gasteiger partial charge is 0.330 e. The number of hydrogen-bond donors (Lipinski definition) is 1. The highest BCUT2D eigenvalue weighted by atomic mass is 35.5. The summed E-state index contributed by atoms with van der Waals surface area (Å²) in [6.07, 6.45) is 1.04. The van der Waals surface area contributed by atoms with Gasteiger partial charge >= 0.3 is 0 Å². The maximum absolute atomic E-state index is 13.5. The smallest absolute Gasteiger partial charge is 0.127 e. The van der Waals surface area contributed by atoms with Crippen LogP contribution >= 0.6 is 12.4 Å². The molecule has 1 aromatic rings. The van der Waals surface area contributed by atoms with Gasteiger partial charge < -0.3 is 5.73 Å². The maximum Gasteiger partial charge on any atom is 0.127 e. The van der Waals surface area contributed by atoms with Crippen molar-refractivity contribution >= 4 is 12.4 Å². The summed E-state index contributed by atoms with van der Waals surface area (Å²) >= 11 is 0. The van der Waals surface area contributed by atoms with E-state index in [0.717, 1.165) is 19.0 Å². The fourth-order valence-electron chi connectivity index (χ4n) is 2.49. The molecule has 0 aromatic heterocycles. The SMILES string of the molecule is CC1CC(CN)CN1Cc1cc(F)ccc1F.Cl. The van der Waals surface area contributed by atoms with Crippen LogP contribution in [0.5, 0.6) is 0 Å². The van der Waals surface area contributed by atoms with Gasteiger partial charge in [-0.2, -0.15) is 0 Å². The molecule has 2 atom stereocenters. The number of benzene rings is 1. The third-order valence-corrected chi connectivity index (χ3v) is 3.51. The summed E-state index contributed by atoms with van der Waals surface area (Å²) in [7, 11) is 0. The van der Waals surface area contributed by atoms with Gasteiger partial charge in [0.15, 0.2) is 0 Å². The second-order valence-corrected chi connectivity index (χ2v) is 4.85. The molecule has 1 fully saturated rings. The normalized spacial score (nSPS) is 24.0. The molecule has 2 N–H and O–H groups in total. The quantitative estimate of drug-likeness (QED) is 0.919. The van der Waals surface area contributed by atoms with Gasteiger partial charge in [-0.1, -0.05) is 0 Å². The van der Waals surface area contributed by atoms with Gasteiger partial charge in [-0.05, 0) is 44.0 Å². The molecule has 102 valence electrons. The topological polar surface area (TPSA) is 29.3 Å². The molecule has 1 aliphatic rings. The molecule has 0 bridgehead atoms. The van der Waals surface area contributed by atoms with Gasteiger partial charge in [0.05, 0.1) is 0 Å². The van der Waals surface area contributed by atoms with Gasteiger partial charge in [0, 0.05) is 24.7 Å². The Morgan fingerprint density at radius 3 is 2.72 bits per heavy atom. The molecule has 2 nitrogen and oxygen atoms in total. The number of nitrogens with zero attached hydrogens (tertiary/aromatic N) is 1. The molecule has 2 rings (SSSR count). The summed E-state index contributed by atoms with van der Waals surface area (Å²) in [5, 5.41) is 0. The van der Waals surface area contributed by atoms with Gasteiger partial charge in [0.25, 0.3) is 0 Å². The maximum atomic E-state index is 13.5. The van der Waals surface area contributed by atoms with Gasteiger partial charge in [0.2, 0.25) is 0 Å². The zero-order valence-electron chi connectivity index (χ0n) is 10.4. The first-order valence-corrected chi connectivity index (χ1v) is 5.98. The molecule has 0 aliphatic carbocycles. The van der Waals surface area contributed by atoms with Crippen molar-refractivity contribution in [1.82, 2.24) is 4.90 Å². The van der Waals surface area contributed by atoms with E-state index in [0.29, 0.717) is 30.6 Å². The number of likely N-dealkylation sites (tertiary alicyclic amines) is 1. The van der Waals surface area contributed by atoms with E-state index in [9.17, 15) is 8.78 Å². The fourth-order valence-corrected chi connectivity index (χ4v) is 2.49.